The van der Waals surface area contributed by atoms with Gasteiger partial charge in [0.1, 0.15) is 0 Å². The van der Waals surface area contributed by atoms with E-state index in [1.54, 1.807) is 24.3 Å². The lowest BCUT2D eigenvalue weighted by molar-refractivity contribution is 0.102. The molecule has 0 aromatic heterocycles. The highest BCUT2D eigenvalue weighted by molar-refractivity contribution is 7.92. The molecule has 0 bridgehead atoms. The maximum absolute atomic E-state index is 12.5. The first-order chi connectivity index (χ1) is 14.1. The molecule has 0 unspecified atom stereocenters. The second-order valence-electron chi connectivity index (χ2n) is 6.92. The van der Waals surface area contributed by atoms with Crippen LogP contribution in [0.25, 0.3) is 0 Å². The fourth-order valence-corrected chi connectivity index (χ4v) is 4.32. The highest BCUT2D eigenvalue weighted by Crippen LogP contribution is 2.28. The maximum atomic E-state index is 12.5. The van der Waals surface area contributed by atoms with Crippen LogP contribution >= 0.6 is 23.2 Å². The molecule has 5 nitrogen and oxygen atoms in total. The number of aryl methyl sites for hydroxylation is 1. The molecule has 3 aromatic rings. The summed E-state index contributed by atoms with van der Waals surface area (Å²) in [5, 5.41) is 3.53. The van der Waals surface area contributed by atoms with Crippen molar-refractivity contribution in [3.63, 3.8) is 0 Å². The van der Waals surface area contributed by atoms with E-state index in [9.17, 15) is 13.2 Å². The highest BCUT2D eigenvalue weighted by atomic mass is 35.5. The first kappa shape index (κ1) is 22.2. The van der Waals surface area contributed by atoms with Gasteiger partial charge in [-0.15, -0.1) is 0 Å². The third-order valence-electron chi connectivity index (χ3n) is 4.35. The molecule has 0 radical (unpaired) electrons. The van der Waals surface area contributed by atoms with Crippen LogP contribution in [0, 0.1) is 6.92 Å². The molecule has 30 heavy (non-hydrogen) atoms. The standard InChI is InChI=1S/C22H20Cl2N2O3S/c1-15-4-3-5-20(10-15)25-22(27)17-8-6-16(7-9-17)14-26(30(2,28)29)21-12-18(23)11-19(24)13-21/h3-13H,14H2,1-2H3,(H,25,27). The molecule has 0 fully saturated rings. The molecule has 0 aliphatic rings. The van der Waals surface area contributed by atoms with Gasteiger partial charge in [0.15, 0.2) is 0 Å². The Kier molecular flexibility index (Phi) is 6.71. The molecule has 8 heteroatoms. The van der Waals surface area contributed by atoms with Crippen molar-refractivity contribution in [1.29, 1.82) is 0 Å². The largest absolute Gasteiger partial charge is 0.322 e. The van der Waals surface area contributed by atoms with Crippen molar-refractivity contribution in [3.8, 4) is 0 Å². The Labute approximate surface area is 186 Å². The zero-order valence-electron chi connectivity index (χ0n) is 16.4. The molecule has 0 heterocycles. The van der Waals surface area contributed by atoms with E-state index in [1.165, 1.54) is 22.5 Å². The second-order valence-corrected chi connectivity index (χ2v) is 9.70. The minimum absolute atomic E-state index is 0.0787. The average Bonchev–Trinajstić information content (AvgIpc) is 2.65. The lowest BCUT2D eigenvalue weighted by Crippen LogP contribution is -2.29. The predicted molar refractivity (Wildman–Crippen MR) is 123 cm³/mol. The van der Waals surface area contributed by atoms with Gasteiger partial charge in [0.25, 0.3) is 5.91 Å². The molecule has 1 amide bonds. The summed E-state index contributed by atoms with van der Waals surface area (Å²) in [6, 6.07) is 18.9. The Balaban J connectivity index is 1.79. The van der Waals surface area contributed by atoms with Crippen molar-refractivity contribution in [2.75, 3.05) is 15.9 Å². The molecular formula is C22H20Cl2N2O3S. The number of carbonyl (C=O) groups is 1. The Bertz CT molecular complexity index is 1160. The third kappa shape index (κ3) is 5.75. The van der Waals surface area contributed by atoms with Crippen LogP contribution in [0.1, 0.15) is 21.5 Å². The number of amides is 1. The predicted octanol–water partition coefficient (Wildman–Crippen LogP) is 5.52. The van der Waals surface area contributed by atoms with E-state index in [0.717, 1.165) is 11.8 Å². The van der Waals surface area contributed by atoms with Crippen molar-refractivity contribution >= 4 is 50.5 Å². The maximum Gasteiger partial charge on any atom is 0.255 e. The monoisotopic (exact) mass is 462 g/mol. The van der Waals surface area contributed by atoms with Crippen molar-refractivity contribution in [1.82, 2.24) is 0 Å². The Morgan fingerprint density at radius 3 is 2.17 bits per heavy atom. The van der Waals surface area contributed by atoms with Gasteiger partial charge in [-0.25, -0.2) is 8.42 Å². The van der Waals surface area contributed by atoms with Crippen LogP contribution in [0.2, 0.25) is 10.0 Å². The fourth-order valence-electron chi connectivity index (χ4n) is 2.94. The number of nitrogens with one attached hydrogen (secondary N) is 1. The van der Waals surface area contributed by atoms with Gasteiger partial charge in [-0.2, -0.15) is 0 Å². The van der Waals surface area contributed by atoms with E-state index in [2.05, 4.69) is 5.32 Å². The summed E-state index contributed by atoms with van der Waals surface area (Å²) in [5.74, 6) is -0.242. The minimum Gasteiger partial charge on any atom is -0.322 e. The fraction of sp³-hybridized carbons (Fsp3) is 0.136. The van der Waals surface area contributed by atoms with E-state index in [1.807, 2.05) is 31.2 Å². The van der Waals surface area contributed by atoms with Gasteiger partial charge >= 0.3 is 0 Å². The van der Waals surface area contributed by atoms with Gasteiger partial charge in [-0.3, -0.25) is 9.10 Å². The van der Waals surface area contributed by atoms with Crippen LogP contribution in [0.4, 0.5) is 11.4 Å². The number of sulfonamides is 1. The molecule has 3 aromatic carbocycles. The number of nitrogens with zero attached hydrogens (tertiary/aromatic N) is 1. The lowest BCUT2D eigenvalue weighted by Gasteiger charge is -2.23. The van der Waals surface area contributed by atoms with Crippen LogP contribution in [0.3, 0.4) is 0 Å². The Morgan fingerprint density at radius 2 is 1.60 bits per heavy atom. The van der Waals surface area contributed by atoms with Crippen LogP contribution in [0.5, 0.6) is 0 Å². The van der Waals surface area contributed by atoms with Gasteiger partial charge in [0.2, 0.25) is 10.0 Å². The molecule has 0 aliphatic heterocycles. The van der Waals surface area contributed by atoms with Gasteiger partial charge in [-0.05, 0) is 60.5 Å². The Morgan fingerprint density at radius 1 is 0.967 bits per heavy atom. The molecule has 0 saturated carbocycles. The second kappa shape index (κ2) is 9.08. The number of hydrogen-bond acceptors (Lipinski definition) is 3. The van der Waals surface area contributed by atoms with Crippen LogP contribution in [-0.2, 0) is 16.6 Å². The lowest BCUT2D eigenvalue weighted by atomic mass is 10.1. The van der Waals surface area contributed by atoms with Crippen molar-refractivity contribution in [2.24, 2.45) is 0 Å². The minimum atomic E-state index is -3.58. The normalized spacial score (nSPS) is 11.2. The van der Waals surface area contributed by atoms with Crippen molar-refractivity contribution < 1.29 is 13.2 Å². The van der Waals surface area contributed by atoms with Crippen LogP contribution in [0.15, 0.2) is 66.7 Å². The quantitative estimate of drug-likeness (QED) is 0.524. The van der Waals surface area contributed by atoms with E-state index >= 15 is 0 Å². The van der Waals surface area contributed by atoms with E-state index in [-0.39, 0.29) is 12.5 Å². The zero-order chi connectivity index (χ0) is 21.9. The van der Waals surface area contributed by atoms with Gasteiger partial charge in [0.05, 0.1) is 18.5 Å². The number of benzene rings is 3. The number of rotatable bonds is 6. The van der Waals surface area contributed by atoms with Gasteiger partial charge in [-0.1, -0.05) is 47.5 Å². The summed E-state index contributed by atoms with van der Waals surface area (Å²) in [5.41, 5.74) is 3.31. The molecule has 156 valence electrons. The molecule has 0 atom stereocenters. The molecular weight excluding hydrogens is 443 g/mol. The third-order valence-corrected chi connectivity index (χ3v) is 5.93. The van der Waals surface area contributed by atoms with Crippen LogP contribution in [-0.4, -0.2) is 20.6 Å². The average molecular weight is 463 g/mol. The summed E-state index contributed by atoms with van der Waals surface area (Å²) >= 11 is 12.1. The topological polar surface area (TPSA) is 66.5 Å². The number of anilines is 2. The van der Waals surface area contributed by atoms with Gasteiger partial charge < -0.3 is 5.32 Å². The Hall–Kier alpha value is -2.54. The smallest absolute Gasteiger partial charge is 0.255 e. The molecule has 0 spiro atoms. The molecule has 3 rings (SSSR count). The summed E-state index contributed by atoms with van der Waals surface area (Å²) < 4.78 is 25.9. The molecule has 0 saturated heterocycles. The van der Waals surface area contributed by atoms with Gasteiger partial charge in [0, 0.05) is 21.3 Å². The van der Waals surface area contributed by atoms with Crippen molar-refractivity contribution in [2.45, 2.75) is 13.5 Å². The summed E-state index contributed by atoms with van der Waals surface area (Å²) in [7, 11) is -3.58. The summed E-state index contributed by atoms with van der Waals surface area (Å²) in [6.45, 7) is 2.03. The summed E-state index contributed by atoms with van der Waals surface area (Å²) in [6.07, 6.45) is 1.12. The SMILES string of the molecule is Cc1cccc(NC(=O)c2ccc(CN(c3cc(Cl)cc(Cl)c3)S(C)(=O)=O)cc2)c1. The van der Waals surface area contributed by atoms with Crippen molar-refractivity contribution in [3.05, 3.63) is 93.5 Å². The number of hydrogen-bond donors (Lipinski definition) is 1. The summed E-state index contributed by atoms with van der Waals surface area (Å²) in [4.78, 5) is 12.5. The highest BCUT2D eigenvalue weighted by Gasteiger charge is 2.19. The first-order valence-corrected chi connectivity index (χ1v) is 11.6. The van der Waals surface area contributed by atoms with E-state index < -0.39 is 10.0 Å². The first-order valence-electron chi connectivity index (χ1n) is 9.02. The molecule has 0 aliphatic carbocycles. The number of carbonyl (C=O) groups excluding carboxylic acids is 1. The van der Waals surface area contributed by atoms with E-state index in [0.29, 0.717) is 32.5 Å². The van der Waals surface area contributed by atoms with E-state index in [4.69, 9.17) is 23.2 Å². The van der Waals surface area contributed by atoms with Crippen LogP contribution < -0.4 is 9.62 Å². The zero-order valence-corrected chi connectivity index (χ0v) is 18.7. The number of halogens is 2. The molecule has 1 N–H and O–H groups in total.